The van der Waals surface area contributed by atoms with Crippen LogP contribution in [-0.2, 0) is 0 Å². The monoisotopic (exact) mass is 249 g/mol. The summed E-state index contributed by atoms with van der Waals surface area (Å²) in [5, 5.41) is 0. The molecule has 0 saturated heterocycles. The van der Waals surface area contributed by atoms with Gasteiger partial charge in [-0.3, -0.25) is 0 Å². The van der Waals surface area contributed by atoms with E-state index in [9.17, 15) is 0 Å². The minimum Gasteiger partial charge on any atom is -0.870 e. The molecule has 0 atom stereocenters. The Hall–Kier alpha value is 1.94. The fourth-order valence-corrected chi connectivity index (χ4v) is 0. The molecule has 0 saturated carbocycles. The second kappa shape index (κ2) is 101. The average molecular weight is 249 g/mol. The molecule has 0 heterocycles. The standard InChI is InChI=1S/Ce.Mg.5H2O/h;;5*1H2/q+3;+2;;;;;/p-5. The summed E-state index contributed by atoms with van der Waals surface area (Å²) in [6, 6.07) is 0. The first kappa shape index (κ1) is 149. The van der Waals surface area contributed by atoms with E-state index in [0.29, 0.717) is 0 Å². The Kier molecular flexibility index (Phi) is 2170. The van der Waals surface area contributed by atoms with Gasteiger partial charge in [0.05, 0.1) is 0 Å². The van der Waals surface area contributed by atoms with Crippen molar-refractivity contribution in [2.24, 2.45) is 0 Å². The maximum Gasteiger partial charge on any atom is 3.00 e. The van der Waals surface area contributed by atoms with Crippen LogP contribution >= 0.6 is 0 Å². The molecule has 0 aliphatic rings. The predicted octanol–water partition coefficient (Wildman–Crippen LogP) is -1.26. The molecular weight excluding hydrogens is 244 g/mol. The first-order valence-electron chi connectivity index (χ1n) is 0. The summed E-state index contributed by atoms with van der Waals surface area (Å²) in [5.74, 6) is 0. The van der Waals surface area contributed by atoms with E-state index in [1.807, 2.05) is 0 Å². The molecule has 0 bridgehead atoms. The van der Waals surface area contributed by atoms with Gasteiger partial charge >= 0.3 is 64.8 Å². The molecule has 7 heavy (non-hydrogen) atoms. The summed E-state index contributed by atoms with van der Waals surface area (Å²) in [7, 11) is 0. The van der Waals surface area contributed by atoms with Crippen molar-refractivity contribution in [3.05, 3.63) is 0 Å². The van der Waals surface area contributed by atoms with E-state index < -0.39 is 0 Å². The first-order chi connectivity index (χ1) is 0. The molecule has 0 spiro atoms. The fourth-order valence-electron chi connectivity index (χ4n) is 0. The Morgan fingerprint density at radius 3 is 0.429 bits per heavy atom. The van der Waals surface area contributed by atoms with Gasteiger partial charge < -0.3 is 27.4 Å². The molecule has 0 amide bonds. The molecule has 0 aromatic heterocycles. The fraction of sp³-hybridized carbons (Fsp3) is 0. The molecule has 0 aliphatic heterocycles. The second-order valence-electron chi connectivity index (χ2n) is 0. The normalized spacial score (nSPS) is 0. The molecule has 0 aliphatic carbocycles. The van der Waals surface area contributed by atoms with Crippen molar-refractivity contribution < 1.29 is 69.1 Å². The van der Waals surface area contributed by atoms with Gasteiger partial charge in [-0.05, 0) is 0 Å². The van der Waals surface area contributed by atoms with Crippen LogP contribution in [0.4, 0.5) is 0 Å². The summed E-state index contributed by atoms with van der Waals surface area (Å²) in [4.78, 5) is 0. The van der Waals surface area contributed by atoms with Crippen LogP contribution < -0.4 is 0 Å². The number of rotatable bonds is 0. The van der Waals surface area contributed by atoms with Crippen LogP contribution in [0.1, 0.15) is 0 Å². The molecule has 0 aromatic carbocycles. The smallest absolute Gasteiger partial charge is 0.870 e. The van der Waals surface area contributed by atoms with Crippen molar-refractivity contribution in [2.75, 3.05) is 0 Å². The predicted molar refractivity (Wildman–Crippen MR) is 15.4 cm³/mol. The summed E-state index contributed by atoms with van der Waals surface area (Å²) in [5.41, 5.74) is 0. The SMILES string of the molecule is [Ce+3].[Mg+2].[OH-].[OH-].[OH-].[OH-].[OH-]. The molecule has 7 heteroatoms. The molecular formula is H5CeMgO5. The molecule has 5 N–H and O–H groups in total. The van der Waals surface area contributed by atoms with Crippen LogP contribution in [0.15, 0.2) is 0 Å². The van der Waals surface area contributed by atoms with Crippen LogP contribution in [-0.4, -0.2) is 50.4 Å². The number of hydrogen-bond donors (Lipinski definition) is 0. The zero-order valence-corrected chi connectivity index (χ0v) is 8.00. The third-order valence-electron chi connectivity index (χ3n) is 0. The van der Waals surface area contributed by atoms with Gasteiger partial charge in [-0.25, -0.2) is 0 Å². The topological polar surface area (TPSA) is 150 Å². The zero-order chi connectivity index (χ0) is 0. The summed E-state index contributed by atoms with van der Waals surface area (Å²) in [6.45, 7) is 0. The average Bonchev–Trinajstić information content (AvgIpc) is 0. The van der Waals surface area contributed by atoms with Gasteiger partial charge in [-0.15, -0.1) is 0 Å². The first-order valence-corrected chi connectivity index (χ1v) is 0. The maximum atomic E-state index is 0. The van der Waals surface area contributed by atoms with Crippen LogP contribution in [0, 0.1) is 41.7 Å². The van der Waals surface area contributed by atoms with Gasteiger partial charge in [0, 0.05) is 0 Å². The van der Waals surface area contributed by atoms with E-state index >= 15 is 0 Å². The molecule has 1 radical (unpaired) electrons. The molecule has 0 aromatic rings. The quantitative estimate of drug-likeness (QED) is 0.490. The van der Waals surface area contributed by atoms with Crippen molar-refractivity contribution >= 4 is 23.1 Å². The van der Waals surface area contributed by atoms with E-state index in [-0.39, 0.29) is 92.2 Å². The van der Waals surface area contributed by atoms with Crippen LogP contribution in [0.5, 0.6) is 0 Å². The Morgan fingerprint density at radius 1 is 0.429 bits per heavy atom. The third kappa shape index (κ3) is 74.3. The van der Waals surface area contributed by atoms with Crippen molar-refractivity contribution in [1.29, 1.82) is 0 Å². The van der Waals surface area contributed by atoms with Gasteiger partial charge in [0.1, 0.15) is 0 Å². The Morgan fingerprint density at radius 2 is 0.429 bits per heavy atom. The van der Waals surface area contributed by atoms with E-state index in [0.717, 1.165) is 0 Å². The minimum atomic E-state index is 0. The molecule has 41 valence electrons. The van der Waals surface area contributed by atoms with E-state index in [4.69, 9.17) is 0 Å². The van der Waals surface area contributed by atoms with Crippen molar-refractivity contribution in [2.45, 2.75) is 0 Å². The number of hydrogen-bond acceptors (Lipinski definition) is 5. The van der Waals surface area contributed by atoms with E-state index in [1.54, 1.807) is 0 Å². The summed E-state index contributed by atoms with van der Waals surface area (Å²) >= 11 is 0. The van der Waals surface area contributed by atoms with Gasteiger partial charge in [-0.1, -0.05) is 0 Å². The van der Waals surface area contributed by atoms with E-state index in [2.05, 4.69) is 0 Å². The maximum absolute atomic E-state index is 0. The van der Waals surface area contributed by atoms with Crippen LogP contribution in [0.2, 0.25) is 0 Å². The largest absolute Gasteiger partial charge is 3.00 e. The van der Waals surface area contributed by atoms with Crippen molar-refractivity contribution in [1.82, 2.24) is 0 Å². The summed E-state index contributed by atoms with van der Waals surface area (Å²) in [6.07, 6.45) is 0. The van der Waals surface area contributed by atoms with Gasteiger partial charge in [0.15, 0.2) is 0 Å². The van der Waals surface area contributed by atoms with Crippen molar-refractivity contribution in [3.8, 4) is 0 Å². The Labute approximate surface area is 90.9 Å². The third-order valence-corrected chi connectivity index (χ3v) is 0. The summed E-state index contributed by atoms with van der Waals surface area (Å²) < 4.78 is 0. The van der Waals surface area contributed by atoms with E-state index in [1.165, 1.54) is 0 Å². The van der Waals surface area contributed by atoms with Crippen LogP contribution in [0.3, 0.4) is 0 Å². The molecule has 0 unspecified atom stereocenters. The molecule has 5 nitrogen and oxygen atoms in total. The minimum absolute atomic E-state index is 0. The second-order valence-corrected chi connectivity index (χ2v) is 0. The van der Waals surface area contributed by atoms with Gasteiger partial charge in [-0.2, -0.15) is 0 Å². The zero-order valence-electron chi connectivity index (χ0n) is 3.44. The van der Waals surface area contributed by atoms with Crippen LogP contribution in [0.25, 0.3) is 0 Å². The van der Waals surface area contributed by atoms with Gasteiger partial charge in [0.25, 0.3) is 0 Å². The van der Waals surface area contributed by atoms with Crippen molar-refractivity contribution in [3.63, 3.8) is 0 Å². The van der Waals surface area contributed by atoms with Gasteiger partial charge in [0.2, 0.25) is 0 Å². The Balaban J connectivity index is 0. The Bertz CT molecular complexity index is 8.04. The molecule has 0 rings (SSSR count). The molecule has 0 fully saturated rings.